The van der Waals surface area contributed by atoms with Crippen molar-refractivity contribution in [1.29, 1.82) is 0 Å². The number of hydrogen-bond donors (Lipinski definition) is 0. The Bertz CT molecular complexity index is 9060. The highest BCUT2D eigenvalue weighted by Crippen LogP contribution is 2.46. The van der Waals surface area contributed by atoms with Crippen molar-refractivity contribution in [2.24, 2.45) is 0 Å². The third kappa shape index (κ3) is 12.9. The highest BCUT2D eigenvalue weighted by Gasteiger charge is 2.26. The van der Waals surface area contributed by atoms with Crippen molar-refractivity contribution in [1.82, 2.24) is 57.3 Å². The number of pyridine rings is 3. The fourth-order valence-electron chi connectivity index (χ4n) is 20.0. The molecule has 27 rings (SSSR count). The summed E-state index contributed by atoms with van der Waals surface area (Å²) in [6.07, 6.45) is 9.92. The molecule has 0 saturated heterocycles. The summed E-state index contributed by atoms with van der Waals surface area (Å²) in [7, 11) is 0. The Morgan fingerprint density at radius 2 is 0.447 bits per heavy atom. The van der Waals surface area contributed by atoms with Gasteiger partial charge in [-0.15, -0.1) is 0 Å². The van der Waals surface area contributed by atoms with Gasteiger partial charge in [-0.25, -0.2) is 4.98 Å². The van der Waals surface area contributed by atoms with Crippen LogP contribution in [0.15, 0.2) is 474 Å². The molecular weight excluding hydrogens is 1610 g/mol. The van der Waals surface area contributed by atoms with Crippen LogP contribution in [0, 0.1) is 0 Å². The van der Waals surface area contributed by atoms with E-state index in [4.69, 9.17) is 29.9 Å². The van der Waals surface area contributed by atoms with E-state index in [1.807, 2.05) is 97.7 Å². The first-order chi connectivity index (χ1) is 65.5. The molecule has 17 aromatic carbocycles. The van der Waals surface area contributed by atoms with Crippen molar-refractivity contribution < 1.29 is 0 Å². The number of nitrogens with zero attached hydrogens (tertiary/aromatic N) is 12. The molecule has 10 heterocycles. The zero-order valence-corrected chi connectivity index (χ0v) is 71.4. The third-order valence-electron chi connectivity index (χ3n) is 25.8. The molecule has 12 heteroatoms. The van der Waals surface area contributed by atoms with Gasteiger partial charge in [-0.05, 0) is 144 Å². The number of fused-ring (bicyclic) bond motifs is 18. The second-order valence-electron chi connectivity index (χ2n) is 33.3. The molecule has 0 spiro atoms. The average molecular weight is 1690 g/mol. The largest absolute Gasteiger partial charge is 0.309 e. The van der Waals surface area contributed by atoms with Gasteiger partial charge in [0.2, 0.25) is 5.95 Å². The molecule has 0 amide bonds. The standard InChI is InChI=1S/C44H28N6.C41H27N3.C35H23N3/c1-4-14-29(15-5-1)42-46-43(30-16-6-2-7-17-30)48-44(47-42)50-37-22-12-10-20-33(37)34-25-24-31(26-39(34)50)36-27-45-28-40-41(36)35-21-11-13-23-38(35)49(40)32-18-8-3-9-19-32;1-3-11-28(12-4-1)29-19-22-32(23-20-29)43-37-17-9-7-15-33(37)34-24-21-30(25-39(34)43)36-26-42-27-40-41(36)35-16-8-10-18-38(35)44(40)31-13-5-2-6-14-31;1-3-11-25(12-4-1)37-31-18-10-8-16-29(31)34-32(37)21-22-36-35(34)24-19-20-28-27-15-7-9-17-30(27)38(33(28)23-24)26-13-5-2-6-14-26/h1-28H;1-27H;1-23H. The predicted molar refractivity (Wildman–Crippen MR) is 545 cm³/mol. The van der Waals surface area contributed by atoms with Crippen molar-refractivity contribution in [3.63, 3.8) is 0 Å². The van der Waals surface area contributed by atoms with Crippen molar-refractivity contribution in [2.75, 3.05) is 0 Å². The molecule has 27 aromatic rings. The van der Waals surface area contributed by atoms with E-state index < -0.39 is 0 Å². The first-order valence-electron chi connectivity index (χ1n) is 44.5. The molecule has 0 unspecified atom stereocenters. The van der Waals surface area contributed by atoms with Gasteiger partial charge in [-0.3, -0.25) is 19.5 Å². The Kier molecular flexibility index (Phi) is 18.6. The summed E-state index contributed by atoms with van der Waals surface area (Å²) in [6.45, 7) is 0. The van der Waals surface area contributed by atoms with E-state index in [1.54, 1.807) is 0 Å². The summed E-state index contributed by atoms with van der Waals surface area (Å²) in [5.41, 5.74) is 30.1. The van der Waals surface area contributed by atoms with Crippen LogP contribution in [0.2, 0.25) is 0 Å². The maximum atomic E-state index is 5.13. The van der Waals surface area contributed by atoms with Gasteiger partial charge < -0.3 is 22.8 Å². The lowest BCUT2D eigenvalue weighted by Gasteiger charge is -2.11. The second kappa shape index (κ2) is 32.1. The van der Waals surface area contributed by atoms with E-state index in [0.717, 1.165) is 117 Å². The lowest BCUT2D eigenvalue weighted by molar-refractivity contribution is 0.953. The molecule has 0 aliphatic carbocycles. The maximum Gasteiger partial charge on any atom is 0.238 e. The van der Waals surface area contributed by atoms with Crippen molar-refractivity contribution in [3.8, 4) is 102 Å². The van der Waals surface area contributed by atoms with Crippen LogP contribution in [0.4, 0.5) is 0 Å². The monoisotopic (exact) mass is 1690 g/mol. The van der Waals surface area contributed by atoms with Crippen LogP contribution in [0.3, 0.4) is 0 Å². The van der Waals surface area contributed by atoms with Gasteiger partial charge >= 0.3 is 0 Å². The van der Waals surface area contributed by atoms with Gasteiger partial charge in [0.1, 0.15) is 0 Å². The summed E-state index contributed by atoms with van der Waals surface area (Å²) in [5.74, 6) is 1.82. The van der Waals surface area contributed by atoms with E-state index in [0.29, 0.717) is 17.6 Å². The summed E-state index contributed by atoms with van der Waals surface area (Å²) in [4.78, 5) is 29.8. The number of rotatable bonds is 12. The summed E-state index contributed by atoms with van der Waals surface area (Å²) in [5, 5.41) is 14.4. The average Bonchev–Trinajstić information content (AvgIpc) is 1.58. The molecule has 0 atom stereocenters. The molecular formula is C120H78N12. The Morgan fingerprint density at radius 3 is 0.856 bits per heavy atom. The first-order valence-corrected chi connectivity index (χ1v) is 44.5. The fourth-order valence-corrected chi connectivity index (χ4v) is 20.0. The van der Waals surface area contributed by atoms with Gasteiger partial charge in [-0.2, -0.15) is 9.97 Å². The fraction of sp³-hybridized carbons (Fsp3) is 0. The molecule has 0 saturated carbocycles. The molecule has 0 fully saturated rings. The van der Waals surface area contributed by atoms with Crippen molar-refractivity contribution in [2.45, 2.75) is 0 Å². The molecule has 0 aliphatic heterocycles. The summed E-state index contributed by atoms with van der Waals surface area (Å²) in [6, 6.07) is 156. The zero-order valence-electron chi connectivity index (χ0n) is 71.4. The van der Waals surface area contributed by atoms with E-state index in [2.05, 4.69) is 404 Å². The van der Waals surface area contributed by atoms with Gasteiger partial charge in [0.05, 0.1) is 84.3 Å². The molecule has 0 radical (unpaired) electrons. The minimum Gasteiger partial charge on any atom is -0.309 e. The van der Waals surface area contributed by atoms with Gasteiger partial charge in [0.15, 0.2) is 11.6 Å². The molecule has 132 heavy (non-hydrogen) atoms. The van der Waals surface area contributed by atoms with Crippen LogP contribution in [-0.4, -0.2) is 57.3 Å². The van der Waals surface area contributed by atoms with Crippen molar-refractivity contribution >= 4 is 131 Å². The highest BCUT2D eigenvalue weighted by molar-refractivity contribution is 6.20. The molecule has 0 bridgehead atoms. The first kappa shape index (κ1) is 76.4. The third-order valence-corrected chi connectivity index (χ3v) is 25.8. The van der Waals surface area contributed by atoms with Crippen LogP contribution in [0.1, 0.15) is 0 Å². The Hall–Kier alpha value is -18.0. The van der Waals surface area contributed by atoms with Crippen LogP contribution in [0.25, 0.3) is 233 Å². The minimum atomic E-state index is 0.568. The summed E-state index contributed by atoms with van der Waals surface area (Å²) >= 11 is 0. The Labute approximate surface area is 758 Å². The van der Waals surface area contributed by atoms with Crippen molar-refractivity contribution in [3.05, 3.63) is 474 Å². The number of para-hydroxylation sites is 10. The normalized spacial score (nSPS) is 11.6. The topological polar surface area (TPSA) is 107 Å². The molecule has 10 aromatic heterocycles. The number of benzene rings is 17. The summed E-state index contributed by atoms with van der Waals surface area (Å²) < 4.78 is 13.9. The molecule has 618 valence electrons. The molecule has 0 aliphatic rings. The number of hydrogen-bond acceptors (Lipinski definition) is 6. The van der Waals surface area contributed by atoms with Crippen LogP contribution >= 0.6 is 0 Å². The Balaban J connectivity index is 0.000000107. The second-order valence-corrected chi connectivity index (χ2v) is 33.3. The quantitative estimate of drug-likeness (QED) is 0.121. The van der Waals surface area contributed by atoms with Gasteiger partial charge in [-0.1, -0.05) is 322 Å². The molecule has 12 nitrogen and oxygen atoms in total. The maximum absolute atomic E-state index is 5.13. The smallest absolute Gasteiger partial charge is 0.238 e. The van der Waals surface area contributed by atoms with E-state index in [-0.39, 0.29) is 0 Å². The lowest BCUT2D eigenvalue weighted by Crippen LogP contribution is -2.06. The van der Waals surface area contributed by atoms with E-state index >= 15 is 0 Å². The Morgan fingerprint density at radius 1 is 0.167 bits per heavy atom. The lowest BCUT2D eigenvalue weighted by atomic mass is 10.00. The SMILES string of the molecule is c1ccc(-c2ccc(-n3c4ccccc4c4ccc(-c5cncc6c5c5ccccc5n6-c5ccccc5)cc43)cc2)cc1.c1ccc(-c2nc(-c3ccccc3)nc(-n3c4ccccc4c4ccc(-c5cncc6c5c5ccccc5n6-c5ccccc5)cc43)n2)cc1.c1ccc(-n2c3ccccc3c3ccc(-c4nccc5c4c4ccccc4n5-c4ccccc4)cc32)cc1. The van der Waals surface area contributed by atoms with Crippen LogP contribution < -0.4 is 0 Å². The minimum absolute atomic E-state index is 0.568. The van der Waals surface area contributed by atoms with Gasteiger partial charge in [0, 0.05) is 139 Å². The zero-order chi connectivity index (χ0) is 87.1. The van der Waals surface area contributed by atoms with Crippen LogP contribution in [0.5, 0.6) is 0 Å². The van der Waals surface area contributed by atoms with Gasteiger partial charge in [0.25, 0.3) is 0 Å². The molecule has 0 N–H and O–H groups in total. The van der Waals surface area contributed by atoms with Crippen LogP contribution in [-0.2, 0) is 0 Å². The number of aromatic nitrogens is 12. The van der Waals surface area contributed by atoms with E-state index in [9.17, 15) is 0 Å². The predicted octanol–water partition coefficient (Wildman–Crippen LogP) is 30.0. The highest BCUT2D eigenvalue weighted by atomic mass is 15.2. The van der Waals surface area contributed by atoms with E-state index in [1.165, 1.54) is 98.1 Å².